The van der Waals surface area contributed by atoms with Crippen molar-refractivity contribution in [2.75, 3.05) is 24.5 Å². The second kappa shape index (κ2) is 9.25. The van der Waals surface area contributed by atoms with Crippen LogP contribution in [-0.4, -0.2) is 47.1 Å². The molecule has 6 nitrogen and oxygen atoms in total. The molecule has 2 aromatic carbocycles. The van der Waals surface area contributed by atoms with Crippen LogP contribution in [0.15, 0.2) is 72.9 Å². The van der Waals surface area contributed by atoms with Gasteiger partial charge in [0.2, 0.25) is 0 Å². The molecule has 2 saturated heterocycles. The zero-order chi connectivity index (χ0) is 23.5. The smallest absolute Gasteiger partial charge is 0.415 e. The van der Waals surface area contributed by atoms with Gasteiger partial charge in [-0.15, -0.1) is 0 Å². The van der Waals surface area contributed by atoms with Crippen LogP contribution < -0.4 is 4.90 Å². The van der Waals surface area contributed by atoms with Gasteiger partial charge in [0.15, 0.2) is 0 Å². The number of hydrogen-bond acceptors (Lipinski definition) is 4. The van der Waals surface area contributed by atoms with Gasteiger partial charge >= 0.3 is 6.09 Å². The minimum atomic E-state index is -0.587. The summed E-state index contributed by atoms with van der Waals surface area (Å²) in [6, 6.07) is 19.5. The Kier molecular flexibility index (Phi) is 6.01. The van der Waals surface area contributed by atoms with E-state index in [0.29, 0.717) is 55.7 Å². The lowest BCUT2D eigenvalue weighted by Gasteiger charge is -2.25. The molecule has 7 heteroatoms. The molecular weight excluding hydrogens is 433 g/mol. The number of rotatable bonds is 4. The second-order valence-electron chi connectivity index (χ2n) is 8.92. The molecule has 3 aromatic rings. The topological polar surface area (TPSA) is 62.7 Å². The number of hydrogen-bond donors (Lipinski definition) is 0. The van der Waals surface area contributed by atoms with E-state index >= 15 is 0 Å². The lowest BCUT2D eigenvalue weighted by atomic mass is 9.95. The number of nitrogens with zero attached hydrogens (tertiary/aromatic N) is 3. The van der Waals surface area contributed by atoms with Gasteiger partial charge < -0.3 is 9.64 Å². The third kappa shape index (κ3) is 4.51. The number of halogens is 1. The van der Waals surface area contributed by atoms with E-state index in [2.05, 4.69) is 4.98 Å². The number of ether oxygens (including phenoxy) is 1. The summed E-state index contributed by atoms with van der Waals surface area (Å²) in [7, 11) is 0. The molecule has 0 aliphatic carbocycles. The summed E-state index contributed by atoms with van der Waals surface area (Å²) >= 11 is 0. The Morgan fingerprint density at radius 1 is 1.03 bits per heavy atom. The zero-order valence-electron chi connectivity index (χ0n) is 18.8. The van der Waals surface area contributed by atoms with E-state index in [1.54, 1.807) is 41.4 Å². The van der Waals surface area contributed by atoms with E-state index in [0.717, 1.165) is 12.1 Å². The van der Waals surface area contributed by atoms with Crippen molar-refractivity contribution in [3.05, 3.63) is 95.6 Å². The standard InChI is InChI=1S/C27H26FN3O3/c28-24-10-5-4-7-20(24)17-22-18-21(11-14-29-22)25(32)30-15-6-12-27(13-16-30)19-31(26(33)34-27)23-8-2-1-3-9-23/h1-5,7-11,14,18H,6,12-13,15-17,19H2/t27-/m1/s1. The van der Waals surface area contributed by atoms with Crippen LogP contribution in [0.1, 0.15) is 40.9 Å². The molecule has 174 valence electrons. The van der Waals surface area contributed by atoms with E-state index in [1.807, 2.05) is 35.2 Å². The highest BCUT2D eigenvalue weighted by atomic mass is 19.1. The van der Waals surface area contributed by atoms with Gasteiger partial charge in [-0.3, -0.25) is 14.7 Å². The highest BCUT2D eigenvalue weighted by Gasteiger charge is 2.46. The summed E-state index contributed by atoms with van der Waals surface area (Å²) < 4.78 is 19.9. The summed E-state index contributed by atoms with van der Waals surface area (Å²) in [5, 5.41) is 0. The Labute approximate surface area is 198 Å². The Balaban J connectivity index is 1.27. The normalized spacial score (nSPS) is 20.3. The van der Waals surface area contributed by atoms with Gasteiger partial charge in [0, 0.05) is 49.1 Å². The predicted octanol–water partition coefficient (Wildman–Crippen LogP) is 4.83. The van der Waals surface area contributed by atoms with Crippen molar-refractivity contribution in [2.24, 2.45) is 0 Å². The van der Waals surface area contributed by atoms with Crippen LogP contribution in [-0.2, 0) is 11.2 Å². The molecule has 0 saturated carbocycles. The minimum absolute atomic E-state index is 0.0847. The number of carbonyl (C=O) groups excluding carboxylic acids is 2. The third-order valence-electron chi connectivity index (χ3n) is 6.62. The molecule has 1 aromatic heterocycles. The molecule has 0 N–H and O–H groups in total. The Bertz CT molecular complexity index is 1200. The van der Waals surface area contributed by atoms with Crippen molar-refractivity contribution in [2.45, 2.75) is 31.3 Å². The van der Waals surface area contributed by atoms with Gasteiger partial charge in [-0.1, -0.05) is 36.4 Å². The van der Waals surface area contributed by atoms with Crippen molar-refractivity contribution in [3.63, 3.8) is 0 Å². The number of pyridine rings is 1. The summed E-state index contributed by atoms with van der Waals surface area (Å²) in [6.45, 7) is 1.58. The number of amides is 2. The van der Waals surface area contributed by atoms with Crippen LogP contribution in [0, 0.1) is 5.82 Å². The average Bonchev–Trinajstić information content (AvgIpc) is 3.04. The molecular formula is C27H26FN3O3. The van der Waals surface area contributed by atoms with Crippen LogP contribution >= 0.6 is 0 Å². The van der Waals surface area contributed by atoms with Crippen molar-refractivity contribution in [3.8, 4) is 0 Å². The van der Waals surface area contributed by atoms with E-state index in [1.165, 1.54) is 6.07 Å². The first kappa shape index (κ1) is 22.1. The van der Waals surface area contributed by atoms with Crippen molar-refractivity contribution < 1.29 is 18.7 Å². The molecule has 34 heavy (non-hydrogen) atoms. The number of para-hydroxylation sites is 1. The first-order chi connectivity index (χ1) is 16.5. The summed E-state index contributed by atoms with van der Waals surface area (Å²) in [5.41, 5.74) is 1.95. The molecule has 0 unspecified atom stereocenters. The Morgan fingerprint density at radius 2 is 1.82 bits per heavy atom. The van der Waals surface area contributed by atoms with Crippen LogP contribution in [0.25, 0.3) is 0 Å². The fourth-order valence-electron chi connectivity index (χ4n) is 4.79. The molecule has 5 rings (SSSR count). The zero-order valence-corrected chi connectivity index (χ0v) is 18.8. The monoisotopic (exact) mass is 459 g/mol. The molecule has 0 bridgehead atoms. The first-order valence-corrected chi connectivity index (χ1v) is 11.6. The van der Waals surface area contributed by atoms with Gasteiger partial charge in [-0.05, 0) is 48.7 Å². The van der Waals surface area contributed by atoms with Gasteiger partial charge in [-0.2, -0.15) is 0 Å². The molecule has 0 radical (unpaired) electrons. The number of likely N-dealkylation sites (tertiary alicyclic amines) is 1. The van der Waals surface area contributed by atoms with E-state index in [9.17, 15) is 14.0 Å². The summed E-state index contributed by atoms with van der Waals surface area (Å²) in [6.07, 6.45) is 3.62. The summed E-state index contributed by atoms with van der Waals surface area (Å²) in [5.74, 6) is -0.368. The van der Waals surface area contributed by atoms with Crippen LogP contribution in [0.2, 0.25) is 0 Å². The maximum absolute atomic E-state index is 14.0. The van der Waals surface area contributed by atoms with E-state index in [4.69, 9.17) is 4.74 Å². The van der Waals surface area contributed by atoms with E-state index < -0.39 is 5.60 Å². The molecule has 2 fully saturated rings. The molecule has 1 atom stereocenters. The van der Waals surface area contributed by atoms with Gasteiger partial charge in [-0.25, -0.2) is 9.18 Å². The number of carbonyl (C=O) groups is 2. The van der Waals surface area contributed by atoms with Crippen molar-refractivity contribution in [1.82, 2.24) is 9.88 Å². The fourth-order valence-corrected chi connectivity index (χ4v) is 4.79. The van der Waals surface area contributed by atoms with Crippen LogP contribution in [0.4, 0.5) is 14.9 Å². The summed E-state index contributed by atoms with van der Waals surface area (Å²) in [4.78, 5) is 33.7. The van der Waals surface area contributed by atoms with Crippen molar-refractivity contribution >= 4 is 17.7 Å². The first-order valence-electron chi connectivity index (χ1n) is 11.6. The maximum Gasteiger partial charge on any atom is 0.415 e. The Hall–Kier alpha value is -3.74. The number of benzene rings is 2. The van der Waals surface area contributed by atoms with Crippen molar-refractivity contribution in [1.29, 1.82) is 0 Å². The minimum Gasteiger partial charge on any atom is -0.441 e. The van der Waals surface area contributed by atoms with Crippen LogP contribution in [0.5, 0.6) is 0 Å². The third-order valence-corrected chi connectivity index (χ3v) is 6.62. The highest BCUT2D eigenvalue weighted by molar-refractivity contribution is 5.94. The molecule has 3 heterocycles. The highest BCUT2D eigenvalue weighted by Crippen LogP contribution is 2.36. The van der Waals surface area contributed by atoms with Crippen LogP contribution in [0.3, 0.4) is 0 Å². The fraction of sp³-hybridized carbons (Fsp3) is 0.296. The number of anilines is 1. The van der Waals surface area contributed by atoms with E-state index in [-0.39, 0.29) is 17.8 Å². The number of aromatic nitrogens is 1. The predicted molar refractivity (Wildman–Crippen MR) is 126 cm³/mol. The van der Waals surface area contributed by atoms with Gasteiger partial charge in [0.1, 0.15) is 11.4 Å². The molecule has 1 spiro atoms. The molecule has 2 amide bonds. The van der Waals surface area contributed by atoms with Gasteiger partial charge in [0.05, 0.1) is 6.54 Å². The lowest BCUT2D eigenvalue weighted by molar-refractivity contribution is 0.0438. The SMILES string of the molecule is O=C(c1ccnc(Cc2ccccc2F)c1)N1CCC[C@@]2(CC1)CN(c1ccccc1)C(=O)O2. The van der Waals surface area contributed by atoms with Gasteiger partial charge in [0.25, 0.3) is 5.91 Å². The Morgan fingerprint density at radius 3 is 2.65 bits per heavy atom. The average molecular weight is 460 g/mol. The lowest BCUT2D eigenvalue weighted by Crippen LogP contribution is -2.37. The maximum atomic E-state index is 14.0. The second-order valence-corrected chi connectivity index (χ2v) is 8.92. The largest absolute Gasteiger partial charge is 0.441 e. The molecule has 2 aliphatic rings. The quantitative estimate of drug-likeness (QED) is 0.561. The molecule has 2 aliphatic heterocycles.